The summed E-state index contributed by atoms with van der Waals surface area (Å²) in [6.07, 6.45) is 0. The van der Waals surface area contributed by atoms with Crippen LogP contribution in [0.5, 0.6) is 0 Å². The Kier molecular flexibility index (Phi) is 6.11. The summed E-state index contributed by atoms with van der Waals surface area (Å²) in [6.45, 7) is 10.1. The molecule has 0 saturated carbocycles. The van der Waals surface area contributed by atoms with Crippen LogP contribution in [-0.2, 0) is 6.54 Å². The van der Waals surface area contributed by atoms with E-state index in [1.165, 1.54) is 0 Å². The summed E-state index contributed by atoms with van der Waals surface area (Å²) in [6, 6.07) is 17.5. The number of pyridine rings is 1. The van der Waals surface area contributed by atoms with Crippen molar-refractivity contribution in [2.75, 3.05) is 32.7 Å². The van der Waals surface area contributed by atoms with Crippen LogP contribution in [0.1, 0.15) is 29.8 Å². The van der Waals surface area contributed by atoms with Crippen molar-refractivity contribution in [3.05, 3.63) is 65.7 Å². The predicted molar refractivity (Wildman–Crippen MR) is 121 cm³/mol. The lowest BCUT2D eigenvalue weighted by Crippen LogP contribution is -2.47. The summed E-state index contributed by atoms with van der Waals surface area (Å²) < 4.78 is 0. The summed E-state index contributed by atoms with van der Waals surface area (Å²) >= 11 is 0. The van der Waals surface area contributed by atoms with Crippen LogP contribution in [-0.4, -0.2) is 58.6 Å². The minimum atomic E-state index is -0.890. The molecule has 0 bridgehead atoms. The number of carboxylic acid groups (broad SMARTS) is 1. The van der Waals surface area contributed by atoms with Crippen LogP contribution >= 0.6 is 0 Å². The molecule has 0 spiro atoms. The van der Waals surface area contributed by atoms with E-state index in [4.69, 9.17) is 4.98 Å². The van der Waals surface area contributed by atoms with E-state index in [-0.39, 0.29) is 0 Å². The maximum Gasteiger partial charge on any atom is 0.336 e. The average molecular weight is 404 g/mol. The summed E-state index contributed by atoms with van der Waals surface area (Å²) in [5, 5.41) is 10.9. The van der Waals surface area contributed by atoms with Gasteiger partial charge in [0.1, 0.15) is 0 Å². The Labute approximate surface area is 178 Å². The molecular formula is C25H29N3O2. The third-order valence-corrected chi connectivity index (χ3v) is 5.72. The van der Waals surface area contributed by atoms with E-state index in [2.05, 4.69) is 23.6 Å². The maximum absolute atomic E-state index is 12.4. The fourth-order valence-corrected chi connectivity index (χ4v) is 4.35. The zero-order chi connectivity index (χ0) is 21.1. The van der Waals surface area contributed by atoms with E-state index in [1.54, 1.807) is 0 Å². The fourth-order valence-electron chi connectivity index (χ4n) is 4.35. The molecule has 1 N–H and O–H groups in total. The van der Waals surface area contributed by atoms with Crippen molar-refractivity contribution in [1.29, 1.82) is 0 Å². The largest absolute Gasteiger partial charge is 0.478 e. The molecule has 2 aromatic carbocycles. The number of carboxylic acids is 1. The van der Waals surface area contributed by atoms with Gasteiger partial charge in [-0.3, -0.25) is 4.90 Å². The van der Waals surface area contributed by atoms with E-state index in [1.807, 2.05) is 54.6 Å². The van der Waals surface area contributed by atoms with Crippen LogP contribution in [0.2, 0.25) is 0 Å². The van der Waals surface area contributed by atoms with Crippen molar-refractivity contribution in [1.82, 2.24) is 14.8 Å². The van der Waals surface area contributed by atoms with Crippen molar-refractivity contribution in [3.8, 4) is 11.3 Å². The molecule has 0 amide bonds. The number of nitrogens with zero attached hydrogens (tertiary/aromatic N) is 3. The first-order valence-corrected chi connectivity index (χ1v) is 10.7. The van der Waals surface area contributed by atoms with Crippen LogP contribution in [0.25, 0.3) is 22.2 Å². The van der Waals surface area contributed by atoms with Gasteiger partial charge in [0.15, 0.2) is 0 Å². The predicted octanol–water partition coefficient (Wildman–Crippen LogP) is 4.37. The van der Waals surface area contributed by atoms with E-state index >= 15 is 0 Å². The number of hydrogen-bond donors (Lipinski definition) is 1. The number of fused-ring (bicyclic) bond motifs is 1. The van der Waals surface area contributed by atoms with Crippen molar-refractivity contribution in [3.63, 3.8) is 0 Å². The molecular weight excluding hydrogens is 374 g/mol. The molecule has 2 heterocycles. The van der Waals surface area contributed by atoms with E-state index in [0.717, 1.165) is 55.1 Å². The van der Waals surface area contributed by atoms with Gasteiger partial charge in [-0.15, -0.1) is 0 Å². The van der Waals surface area contributed by atoms with Crippen LogP contribution in [0, 0.1) is 5.92 Å². The van der Waals surface area contributed by atoms with Crippen molar-refractivity contribution >= 4 is 16.9 Å². The molecule has 0 radical (unpaired) electrons. The lowest BCUT2D eigenvalue weighted by atomic mass is 9.96. The molecule has 0 atom stereocenters. The Balaban J connectivity index is 1.74. The molecule has 5 heteroatoms. The zero-order valence-corrected chi connectivity index (χ0v) is 17.7. The second-order valence-corrected chi connectivity index (χ2v) is 8.47. The highest BCUT2D eigenvalue weighted by Crippen LogP contribution is 2.31. The molecule has 1 aliphatic rings. The smallest absolute Gasteiger partial charge is 0.336 e. The second kappa shape index (κ2) is 8.94. The highest BCUT2D eigenvalue weighted by Gasteiger charge is 2.25. The van der Waals surface area contributed by atoms with Gasteiger partial charge in [0.2, 0.25) is 0 Å². The fraction of sp³-hybridized carbons (Fsp3) is 0.360. The number of carbonyl (C=O) groups is 1. The number of para-hydroxylation sites is 1. The minimum absolute atomic E-state index is 0.379. The third-order valence-electron chi connectivity index (χ3n) is 5.72. The highest BCUT2D eigenvalue weighted by atomic mass is 16.4. The number of aromatic carboxylic acids is 1. The number of piperazine rings is 1. The van der Waals surface area contributed by atoms with Gasteiger partial charge in [0.05, 0.1) is 16.8 Å². The molecule has 5 nitrogen and oxygen atoms in total. The van der Waals surface area contributed by atoms with Crippen LogP contribution in [0.3, 0.4) is 0 Å². The number of benzene rings is 2. The second-order valence-electron chi connectivity index (χ2n) is 8.47. The lowest BCUT2D eigenvalue weighted by Gasteiger charge is -2.36. The van der Waals surface area contributed by atoms with Crippen LogP contribution in [0.15, 0.2) is 54.6 Å². The monoisotopic (exact) mass is 403 g/mol. The van der Waals surface area contributed by atoms with Gasteiger partial charge in [-0.05, 0) is 12.0 Å². The van der Waals surface area contributed by atoms with Gasteiger partial charge >= 0.3 is 5.97 Å². The van der Waals surface area contributed by atoms with Crippen molar-refractivity contribution in [2.45, 2.75) is 20.4 Å². The molecule has 156 valence electrons. The zero-order valence-electron chi connectivity index (χ0n) is 17.7. The lowest BCUT2D eigenvalue weighted by molar-refractivity contribution is 0.0694. The van der Waals surface area contributed by atoms with Gasteiger partial charge in [-0.1, -0.05) is 62.4 Å². The van der Waals surface area contributed by atoms with Crippen LogP contribution < -0.4 is 0 Å². The molecule has 0 aliphatic carbocycles. The van der Waals surface area contributed by atoms with Crippen molar-refractivity contribution < 1.29 is 9.90 Å². The maximum atomic E-state index is 12.4. The first kappa shape index (κ1) is 20.5. The molecule has 3 aromatic rings. The quantitative estimate of drug-likeness (QED) is 0.662. The molecule has 1 saturated heterocycles. The molecule has 1 aliphatic heterocycles. The normalized spacial score (nSPS) is 15.7. The molecule has 4 rings (SSSR count). The Morgan fingerprint density at radius 1 is 0.967 bits per heavy atom. The third kappa shape index (κ3) is 4.37. The average Bonchev–Trinajstić information content (AvgIpc) is 2.74. The van der Waals surface area contributed by atoms with E-state index < -0.39 is 5.97 Å². The minimum Gasteiger partial charge on any atom is -0.478 e. The molecule has 1 aromatic heterocycles. The molecule has 30 heavy (non-hydrogen) atoms. The molecule has 0 unspecified atom stereocenters. The first-order valence-electron chi connectivity index (χ1n) is 10.7. The van der Waals surface area contributed by atoms with Gasteiger partial charge in [-0.2, -0.15) is 0 Å². The summed E-state index contributed by atoms with van der Waals surface area (Å²) in [7, 11) is 0. The first-order chi connectivity index (χ1) is 14.5. The SMILES string of the molecule is CC(C)CN1CCN(Cc2c(-c3ccccc3)nc3ccccc3c2C(=O)O)CC1. The summed E-state index contributed by atoms with van der Waals surface area (Å²) in [5.74, 6) is -0.233. The Morgan fingerprint density at radius 3 is 2.27 bits per heavy atom. The molecule has 1 fully saturated rings. The Hall–Kier alpha value is -2.76. The number of hydrogen-bond acceptors (Lipinski definition) is 4. The summed E-state index contributed by atoms with van der Waals surface area (Å²) in [5.41, 5.74) is 3.64. The van der Waals surface area contributed by atoms with Gasteiger partial charge in [0.25, 0.3) is 0 Å². The topological polar surface area (TPSA) is 56.7 Å². The standard InChI is InChI=1S/C25H29N3O2/c1-18(2)16-27-12-14-28(15-13-27)17-21-23(25(29)30)20-10-6-7-11-22(20)26-24(21)19-8-4-3-5-9-19/h3-11,18H,12-17H2,1-2H3,(H,29,30). The highest BCUT2D eigenvalue weighted by molar-refractivity contribution is 6.05. The Bertz CT molecular complexity index is 1030. The number of rotatable bonds is 6. The van der Waals surface area contributed by atoms with Crippen LogP contribution in [0.4, 0.5) is 0 Å². The van der Waals surface area contributed by atoms with Gasteiger partial charge in [0, 0.05) is 55.8 Å². The van der Waals surface area contributed by atoms with E-state index in [9.17, 15) is 9.90 Å². The van der Waals surface area contributed by atoms with Crippen molar-refractivity contribution in [2.24, 2.45) is 5.92 Å². The number of aromatic nitrogens is 1. The Morgan fingerprint density at radius 2 is 1.60 bits per heavy atom. The summed E-state index contributed by atoms with van der Waals surface area (Å²) in [4.78, 5) is 22.1. The van der Waals surface area contributed by atoms with Gasteiger partial charge < -0.3 is 10.0 Å². The van der Waals surface area contributed by atoms with E-state index in [0.29, 0.717) is 23.4 Å². The van der Waals surface area contributed by atoms with Gasteiger partial charge in [-0.25, -0.2) is 9.78 Å².